The van der Waals surface area contributed by atoms with Gasteiger partial charge < -0.3 is 14.5 Å². The number of fused-ring (bicyclic) bond motifs is 6. The van der Waals surface area contributed by atoms with Crippen LogP contribution < -0.4 is 0 Å². The van der Waals surface area contributed by atoms with Gasteiger partial charge in [-0.3, -0.25) is 4.90 Å². The lowest BCUT2D eigenvalue weighted by Gasteiger charge is -2.49. The summed E-state index contributed by atoms with van der Waals surface area (Å²) in [6.45, 7) is 4.13. The average Bonchev–Trinajstić information content (AvgIpc) is 3.06. The summed E-state index contributed by atoms with van der Waals surface area (Å²) in [7, 11) is 1.45. The average molecular weight is 352 g/mol. The van der Waals surface area contributed by atoms with Gasteiger partial charge in [0.1, 0.15) is 0 Å². The minimum atomic E-state index is -0.256. The van der Waals surface area contributed by atoms with Crippen LogP contribution in [0.2, 0.25) is 0 Å². The molecular weight excluding hydrogens is 328 g/mol. The van der Waals surface area contributed by atoms with Crippen molar-refractivity contribution in [3.05, 3.63) is 47.4 Å². The van der Waals surface area contributed by atoms with Gasteiger partial charge in [-0.05, 0) is 31.4 Å². The molecule has 1 fully saturated rings. The van der Waals surface area contributed by atoms with Crippen molar-refractivity contribution in [2.24, 2.45) is 11.8 Å². The lowest BCUT2D eigenvalue weighted by molar-refractivity contribution is -0.139. The smallest absolute Gasteiger partial charge is 0.337 e. The first-order valence-electron chi connectivity index (χ1n) is 9.44. The molecule has 3 aliphatic rings. The number of nitrogens with zero attached hydrogens (tertiary/aromatic N) is 1. The van der Waals surface area contributed by atoms with Gasteiger partial charge in [-0.1, -0.05) is 18.2 Å². The summed E-state index contributed by atoms with van der Waals surface area (Å²) in [5.74, 6) is 0.258. The quantitative estimate of drug-likeness (QED) is 0.801. The first-order chi connectivity index (χ1) is 12.7. The van der Waals surface area contributed by atoms with E-state index in [4.69, 9.17) is 9.47 Å². The van der Waals surface area contributed by atoms with Gasteiger partial charge in [0.25, 0.3) is 0 Å². The van der Waals surface area contributed by atoms with Gasteiger partial charge in [0, 0.05) is 41.5 Å². The van der Waals surface area contributed by atoms with Crippen LogP contribution in [0.25, 0.3) is 10.9 Å². The fourth-order valence-electron chi connectivity index (χ4n) is 5.19. The second-order valence-corrected chi connectivity index (χ2v) is 7.74. The maximum atomic E-state index is 12.3. The molecule has 1 aromatic carbocycles. The summed E-state index contributed by atoms with van der Waals surface area (Å²) in [5, 5.41) is 1.34. The highest BCUT2D eigenvalue weighted by Gasteiger charge is 2.46. The molecule has 5 nitrogen and oxygen atoms in total. The van der Waals surface area contributed by atoms with Crippen molar-refractivity contribution >= 4 is 16.9 Å². The van der Waals surface area contributed by atoms with Crippen LogP contribution in [0.3, 0.4) is 0 Å². The molecule has 0 radical (unpaired) electrons. The number of benzene rings is 1. The summed E-state index contributed by atoms with van der Waals surface area (Å²) in [4.78, 5) is 18.5. The SMILES string of the molecule is COC(=O)C1=CO[C@H](C)[C@@H]2CN3CCc4c([nH]c5ccccc45)[C@H]3C[C@@H]12. The van der Waals surface area contributed by atoms with Crippen molar-refractivity contribution in [2.75, 3.05) is 20.2 Å². The number of H-pyrrole nitrogens is 1. The third kappa shape index (κ3) is 2.23. The molecule has 0 unspecified atom stereocenters. The molecule has 136 valence electrons. The topological polar surface area (TPSA) is 54.6 Å². The van der Waals surface area contributed by atoms with Gasteiger partial charge in [0.2, 0.25) is 0 Å². The maximum absolute atomic E-state index is 12.3. The van der Waals surface area contributed by atoms with E-state index in [-0.39, 0.29) is 18.0 Å². The van der Waals surface area contributed by atoms with Crippen LogP contribution in [0.15, 0.2) is 36.1 Å². The molecule has 5 rings (SSSR count). The number of esters is 1. The second-order valence-electron chi connectivity index (χ2n) is 7.74. The molecule has 0 spiro atoms. The van der Waals surface area contributed by atoms with Crippen molar-refractivity contribution in [3.8, 4) is 0 Å². The van der Waals surface area contributed by atoms with E-state index in [1.165, 1.54) is 29.3 Å². The Morgan fingerprint density at radius 2 is 2.19 bits per heavy atom. The summed E-state index contributed by atoms with van der Waals surface area (Å²) in [6.07, 6.45) is 3.77. The molecule has 4 atom stereocenters. The number of methoxy groups -OCH3 is 1. The van der Waals surface area contributed by atoms with E-state index in [1.54, 1.807) is 6.26 Å². The highest BCUT2D eigenvalue weighted by Crippen LogP contribution is 2.47. The number of rotatable bonds is 1. The molecule has 5 heteroatoms. The number of nitrogens with one attached hydrogen (secondary N) is 1. The summed E-state index contributed by atoms with van der Waals surface area (Å²) in [5.41, 5.74) is 4.69. The highest BCUT2D eigenvalue weighted by molar-refractivity contribution is 5.89. The number of carbonyl (C=O) groups excluding carboxylic acids is 1. The molecule has 2 aromatic rings. The zero-order valence-electron chi connectivity index (χ0n) is 15.2. The third-order valence-electron chi connectivity index (χ3n) is 6.54. The summed E-state index contributed by atoms with van der Waals surface area (Å²) < 4.78 is 10.8. The predicted octanol–water partition coefficient (Wildman–Crippen LogP) is 3.18. The van der Waals surface area contributed by atoms with E-state index in [9.17, 15) is 4.79 Å². The van der Waals surface area contributed by atoms with Crippen LogP contribution >= 0.6 is 0 Å². The molecular formula is C21H24N2O3. The van der Waals surface area contributed by atoms with Crippen LogP contribution in [-0.2, 0) is 20.7 Å². The van der Waals surface area contributed by atoms with Gasteiger partial charge in [-0.2, -0.15) is 0 Å². The van der Waals surface area contributed by atoms with E-state index >= 15 is 0 Å². The summed E-state index contributed by atoms with van der Waals surface area (Å²) in [6, 6.07) is 8.88. The number of aromatic amines is 1. The van der Waals surface area contributed by atoms with Gasteiger partial charge in [0.05, 0.1) is 31.1 Å². The van der Waals surface area contributed by atoms with Crippen molar-refractivity contribution in [2.45, 2.75) is 31.9 Å². The number of hydrogen-bond acceptors (Lipinski definition) is 4. The third-order valence-corrected chi connectivity index (χ3v) is 6.54. The molecule has 0 saturated carbocycles. The number of aromatic nitrogens is 1. The zero-order valence-corrected chi connectivity index (χ0v) is 15.2. The number of piperidine rings is 1. The van der Waals surface area contributed by atoms with E-state index in [0.29, 0.717) is 17.5 Å². The monoisotopic (exact) mass is 352 g/mol. The molecule has 0 bridgehead atoms. The van der Waals surface area contributed by atoms with E-state index in [0.717, 1.165) is 25.9 Å². The van der Waals surface area contributed by atoms with Gasteiger partial charge in [-0.15, -0.1) is 0 Å². The zero-order chi connectivity index (χ0) is 17.8. The van der Waals surface area contributed by atoms with Crippen molar-refractivity contribution < 1.29 is 14.3 Å². The Kier molecular flexibility index (Phi) is 3.60. The molecule has 3 aliphatic heterocycles. The van der Waals surface area contributed by atoms with Crippen LogP contribution in [0, 0.1) is 11.8 Å². The van der Waals surface area contributed by atoms with Crippen molar-refractivity contribution in [1.29, 1.82) is 0 Å². The van der Waals surface area contributed by atoms with Crippen LogP contribution in [-0.4, -0.2) is 42.2 Å². The number of hydrogen-bond donors (Lipinski definition) is 1. The van der Waals surface area contributed by atoms with Gasteiger partial charge >= 0.3 is 5.97 Å². The van der Waals surface area contributed by atoms with E-state index in [2.05, 4.69) is 41.1 Å². The molecule has 4 heterocycles. The number of para-hydroxylation sites is 1. The normalized spacial score (nSPS) is 30.6. The molecule has 1 N–H and O–H groups in total. The van der Waals surface area contributed by atoms with Gasteiger partial charge in [0.15, 0.2) is 0 Å². The first-order valence-corrected chi connectivity index (χ1v) is 9.44. The molecule has 26 heavy (non-hydrogen) atoms. The van der Waals surface area contributed by atoms with Crippen molar-refractivity contribution in [1.82, 2.24) is 9.88 Å². The molecule has 0 amide bonds. The second kappa shape index (κ2) is 5.88. The fourth-order valence-corrected chi connectivity index (χ4v) is 5.19. The number of carbonyl (C=O) groups is 1. The lowest BCUT2D eigenvalue weighted by atomic mass is 9.72. The maximum Gasteiger partial charge on any atom is 0.337 e. The Morgan fingerprint density at radius 1 is 1.35 bits per heavy atom. The van der Waals surface area contributed by atoms with Crippen LogP contribution in [0.5, 0.6) is 0 Å². The van der Waals surface area contributed by atoms with Crippen molar-refractivity contribution in [3.63, 3.8) is 0 Å². The first kappa shape index (κ1) is 15.9. The standard InChI is InChI=1S/C21H24N2O3/c1-12-16-10-23-8-7-14-13-5-3-4-6-18(13)22-20(14)19(23)9-15(16)17(11-26-12)21(24)25-2/h3-6,11-12,15-16,19,22H,7-10H2,1-2H3/t12-,15-,16+,19-/m1/s1. The van der Waals surface area contributed by atoms with E-state index < -0.39 is 0 Å². The largest absolute Gasteiger partial charge is 0.497 e. The Hall–Kier alpha value is -2.27. The Bertz CT molecular complexity index is 900. The summed E-state index contributed by atoms with van der Waals surface area (Å²) >= 11 is 0. The molecule has 1 saturated heterocycles. The minimum Gasteiger partial charge on any atom is -0.497 e. The fraction of sp³-hybridized carbons (Fsp3) is 0.476. The molecule has 1 aromatic heterocycles. The minimum absolute atomic E-state index is 0.124. The van der Waals surface area contributed by atoms with Gasteiger partial charge in [-0.25, -0.2) is 4.79 Å². The Morgan fingerprint density at radius 3 is 3.04 bits per heavy atom. The predicted molar refractivity (Wildman–Crippen MR) is 98.6 cm³/mol. The van der Waals surface area contributed by atoms with Crippen LogP contribution in [0.1, 0.15) is 30.6 Å². The Balaban J connectivity index is 1.55. The lowest BCUT2D eigenvalue weighted by Crippen LogP contribution is -2.51. The highest BCUT2D eigenvalue weighted by atomic mass is 16.5. The number of ether oxygens (including phenoxy) is 2. The van der Waals surface area contributed by atoms with E-state index in [1.807, 2.05) is 0 Å². The van der Waals surface area contributed by atoms with Crippen LogP contribution in [0.4, 0.5) is 0 Å². The molecule has 0 aliphatic carbocycles. The Labute approximate surface area is 153 Å².